The molecule has 21 heavy (non-hydrogen) atoms. The first kappa shape index (κ1) is 13.9. The number of amides is 1. The second-order valence-electron chi connectivity index (χ2n) is 5.82. The Bertz CT molecular complexity index is 644. The number of nitrogens with zero attached hydrogens (tertiary/aromatic N) is 2. The molecule has 0 spiro atoms. The minimum absolute atomic E-state index is 0.0753. The van der Waals surface area contributed by atoms with E-state index in [1.54, 1.807) is 18.5 Å². The lowest BCUT2D eigenvalue weighted by Gasteiger charge is -2.27. The smallest absolute Gasteiger partial charge is 0.253 e. The Balaban J connectivity index is 1.78. The average molecular weight is 284 g/mol. The Labute approximate surface area is 124 Å². The molecule has 3 rings (SSSR count). The van der Waals surface area contributed by atoms with Gasteiger partial charge >= 0.3 is 0 Å². The van der Waals surface area contributed by atoms with Crippen LogP contribution >= 0.6 is 0 Å². The summed E-state index contributed by atoms with van der Waals surface area (Å²) in [5, 5.41) is 3.04. The van der Waals surface area contributed by atoms with E-state index in [0.29, 0.717) is 24.2 Å². The van der Waals surface area contributed by atoms with Crippen LogP contribution in [0.4, 0.5) is 0 Å². The number of carbonyl (C=O) groups excluding carboxylic acids is 1. The lowest BCUT2D eigenvalue weighted by atomic mass is 9.86. The van der Waals surface area contributed by atoms with Crippen molar-refractivity contribution in [2.45, 2.75) is 25.7 Å². The van der Waals surface area contributed by atoms with Crippen LogP contribution in [0.25, 0.3) is 11.0 Å². The summed E-state index contributed by atoms with van der Waals surface area (Å²) in [6, 6.07) is 5.48. The van der Waals surface area contributed by atoms with Crippen molar-refractivity contribution in [2.75, 3.05) is 13.1 Å². The van der Waals surface area contributed by atoms with Gasteiger partial charge in [0.2, 0.25) is 0 Å². The topological polar surface area (TPSA) is 80.9 Å². The summed E-state index contributed by atoms with van der Waals surface area (Å²) in [6.07, 6.45) is 7.83. The van der Waals surface area contributed by atoms with Gasteiger partial charge in [0, 0.05) is 18.9 Å². The molecule has 0 bridgehead atoms. The quantitative estimate of drug-likeness (QED) is 0.898. The van der Waals surface area contributed by atoms with Gasteiger partial charge in [-0.3, -0.25) is 14.8 Å². The van der Waals surface area contributed by atoms with Crippen molar-refractivity contribution in [3.05, 3.63) is 36.2 Å². The van der Waals surface area contributed by atoms with Crippen molar-refractivity contribution in [1.29, 1.82) is 0 Å². The second-order valence-corrected chi connectivity index (χ2v) is 5.82. The van der Waals surface area contributed by atoms with E-state index in [4.69, 9.17) is 5.73 Å². The first-order valence-electron chi connectivity index (χ1n) is 7.42. The predicted octanol–water partition coefficient (Wildman–Crippen LogP) is 1.88. The first-order valence-corrected chi connectivity index (χ1v) is 7.42. The second kappa shape index (κ2) is 5.77. The molecule has 3 N–H and O–H groups in total. The van der Waals surface area contributed by atoms with E-state index in [1.165, 1.54) is 12.8 Å². The van der Waals surface area contributed by atoms with Crippen molar-refractivity contribution in [2.24, 2.45) is 11.1 Å². The number of aromatic nitrogens is 2. The highest BCUT2D eigenvalue weighted by Gasteiger charge is 2.32. The summed E-state index contributed by atoms with van der Waals surface area (Å²) in [6.45, 7) is 1.27. The third-order valence-electron chi connectivity index (χ3n) is 4.46. The van der Waals surface area contributed by atoms with Gasteiger partial charge in [-0.25, -0.2) is 0 Å². The molecule has 2 aromatic rings. The lowest BCUT2D eigenvalue weighted by Crippen LogP contribution is -2.40. The van der Waals surface area contributed by atoms with Crippen molar-refractivity contribution < 1.29 is 4.79 Å². The standard InChI is InChI=1S/C16H20N4O/c17-10-16(6-1-2-7-16)11-20-15(21)12-4-3-5-13-14(12)19-9-8-18-13/h3-5,8-9H,1-2,6-7,10-11,17H2,(H,20,21). The number of benzene rings is 1. The van der Waals surface area contributed by atoms with Crippen LogP contribution in [0.5, 0.6) is 0 Å². The van der Waals surface area contributed by atoms with Gasteiger partial charge in [-0.05, 0) is 36.9 Å². The Morgan fingerprint density at radius 1 is 1.24 bits per heavy atom. The van der Waals surface area contributed by atoms with E-state index in [9.17, 15) is 4.79 Å². The van der Waals surface area contributed by atoms with E-state index in [1.807, 2.05) is 12.1 Å². The summed E-state index contributed by atoms with van der Waals surface area (Å²) in [5.41, 5.74) is 7.94. The minimum atomic E-state index is -0.0965. The van der Waals surface area contributed by atoms with Gasteiger partial charge < -0.3 is 11.1 Å². The molecule has 5 heteroatoms. The van der Waals surface area contributed by atoms with E-state index in [0.717, 1.165) is 18.4 Å². The average Bonchev–Trinajstić information content (AvgIpc) is 3.01. The summed E-state index contributed by atoms with van der Waals surface area (Å²) >= 11 is 0. The Hall–Kier alpha value is -2.01. The van der Waals surface area contributed by atoms with E-state index in [2.05, 4.69) is 15.3 Å². The number of para-hydroxylation sites is 1. The molecule has 0 saturated heterocycles. The van der Waals surface area contributed by atoms with Crippen LogP contribution < -0.4 is 11.1 Å². The van der Waals surface area contributed by atoms with Gasteiger partial charge in [-0.1, -0.05) is 18.9 Å². The normalized spacial score (nSPS) is 17.0. The largest absolute Gasteiger partial charge is 0.351 e. The van der Waals surface area contributed by atoms with Crippen LogP contribution in [0.15, 0.2) is 30.6 Å². The van der Waals surface area contributed by atoms with Crippen LogP contribution in [0, 0.1) is 5.41 Å². The Morgan fingerprint density at radius 3 is 2.76 bits per heavy atom. The maximum atomic E-state index is 12.5. The fourth-order valence-electron chi connectivity index (χ4n) is 3.12. The Morgan fingerprint density at radius 2 is 2.00 bits per heavy atom. The molecule has 1 saturated carbocycles. The molecular formula is C16H20N4O. The highest BCUT2D eigenvalue weighted by Crippen LogP contribution is 2.36. The van der Waals surface area contributed by atoms with Crippen LogP contribution in [0.2, 0.25) is 0 Å². The molecule has 0 aliphatic heterocycles. The molecule has 0 radical (unpaired) electrons. The fraction of sp³-hybridized carbons (Fsp3) is 0.438. The van der Waals surface area contributed by atoms with Gasteiger partial charge in [0.25, 0.3) is 5.91 Å². The van der Waals surface area contributed by atoms with Crippen LogP contribution in [0.3, 0.4) is 0 Å². The summed E-state index contributed by atoms with van der Waals surface area (Å²) in [4.78, 5) is 21.0. The van der Waals surface area contributed by atoms with Gasteiger partial charge in [0.05, 0.1) is 11.1 Å². The zero-order chi connectivity index (χ0) is 14.7. The monoisotopic (exact) mass is 284 g/mol. The van der Waals surface area contributed by atoms with Crippen molar-refractivity contribution in [1.82, 2.24) is 15.3 Å². The van der Waals surface area contributed by atoms with E-state index < -0.39 is 0 Å². The Kier molecular flexibility index (Phi) is 3.84. The number of rotatable bonds is 4. The van der Waals surface area contributed by atoms with Crippen LogP contribution in [-0.2, 0) is 0 Å². The zero-order valence-corrected chi connectivity index (χ0v) is 12.0. The summed E-state index contributed by atoms with van der Waals surface area (Å²) < 4.78 is 0. The van der Waals surface area contributed by atoms with Gasteiger partial charge in [-0.2, -0.15) is 0 Å². The molecule has 1 amide bonds. The third-order valence-corrected chi connectivity index (χ3v) is 4.46. The highest BCUT2D eigenvalue weighted by atomic mass is 16.1. The number of fused-ring (bicyclic) bond motifs is 1. The first-order chi connectivity index (χ1) is 10.2. The molecule has 5 nitrogen and oxygen atoms in total. The SMILES string of the molecule is NCC1(CNC(=O)c2cccc3nccnc23)CCCC1. The molecule has 1 aliphatic carbocycles. The number of carbonyl (C=O) groups is 1. The lowest BCUT2D eigenvalue weighted by molar-refractivity contribution is 0.0933. The zero-order valence-electron chi connectivity index (χ0n) is 12.0. The minimum Gasteiger partial charge on any atom is -0.351 e. The van der Waals surface area contributed by atoms with Gasteiger partial charge in [0.1, 0.15) is 5.52 Å². The van der Waals surface area contributed by atoms with Crippen molar-refractivity contribution >= 4 is 16.9 Å². The number of nitrogens with one attached hydrogen (secondary N) is 1. The maximum absolute atomic E-state index is 12.5. The molecule has 1 fully saturated rings. The molecule has 1 aliphatic rings. The summed E-state index contributed by atoms with van der Waals surface area (Å²) in [7, 11) is 0. The molecule has 1 aromatic heterocycles. The van der Waals surface area contributed by atoms with Gasteiger partial charge in [-0.15, -0.1) is 0 Å². The molecule has 1 heterocycles. The molecule has 0 atom stereocenters. The van der Waals surface area contributed by atoms with E-state index in [-0.39, 0.29) is 11.3 Å². The fourth-order valence-corrected chi connectivity index (χ4v) is 3.12. The van der Waals surface area contributed by atoms with Crippen molar-refractivity contribution in [3.63, 3.8) is 0 Å². The molecule has 1 aromatic carbocycles. The summed E-state index contributed by atoms with van der Waals surface area (Å²) in [5.74, 6) is -0.0965. The van der Waals surface area contributed by atoms with Gasteiger partial charge in [0.15, 0.2) is 0 Å². The number of hydrogen-bond acceptors (Lipinski definition) is 4. The molecular weight excluding hydrogens is 264 g/mol. The van der Waals surface area contributed by atoms with Crippen LogP contribution in [-0.4, -0.2) is 29.0 Å². The highest BCUT2D eigenvalue weighted by molar-refractivity contribution is 6.04. The van der Waals surface area contributed by atoms with Crippen LogP contribution in [0.1, 0.15) is 36.0 Å². The maximum Gasteiger partial charge on any atom is 0.253 e. The third kappa shape index (κ3) is 2.74. The van der Waals surface area contributed by atoms with Crippen molar-refractivity contribution in [3.8, 4) is 0 Å². The predicted molar refractivity (Wildman–Crippen MR) is 81.8 cm³/mol. The number of hydrogen-bond donors (Lipinski definition) is 2. The molecule has 110 valence electrons. The number of nitrogens with two attached hydrogens (primary N) is 1. The molecule has 0 unspecified atom stereocenters. The van der Waals surface area contributed by atoms with E-state index >= 15 is 0 Å².